The topological polar surface area (TPSA) is 103 Å². The van der Waals surface area contributed by atoms with Crippen LogP contribution in [0.3, 0.4) is 0 Å². The molecule has 1 amide bonds. The first kappa shape index (κ1) is 16.7. The van der Waals surface area contributed by atoms with Crippen LogP contribution in [0.2, 0.25) is 0 Å². The molecule has 2 heterocycles. The molecule has 8 heteroatoms. The van der Waals surface area contributed by atoms with Crippen molar-refractivity contribution in [1.29, 1.82) is 0 Å². The third-order valence-electron chi connectivity index (χ3n) is 3.37. The lowest BCUT2D eigenvalue weighted by molar-refractivity contribution is -0.118. The van der Waals surface area contributed by atoms with E-state index in [0.717, 1.165) is 11.3 Å². The van der Waals surface area contributed by atoms with Crippen LogP contribution >= 0.6 is 0 Å². The fourth-order valence-corrected chi connectivity index (χ4v) is 2.00. The maximum absolute atomic E-state index is 11.9. The van der Waals surface area contributed by atoms with Gasteiger partial charge in [0.1, 0.15) is 5.75 Å². The van der Waals surface area contributed by atoms with Crippen LogP contribution in [0.1, 0.15) is 26.5 Å². The third kappa shape index (κ3) is 4.23. The van der Waals surface area contributed by atoms with Crippen molar-refractivity contribution in [3.8, 4) is 17.2 Å². The van der Waals surface area contributed by atoms with Crippen molar-refractivity contribution < 1.29 is 18.5 Å². The molecule has 2 aromatic heterocycles. The summed E-state index contributed by atoms with van der Waals surface area (Å²) in [6.07, 6.45) is 1.26. The predicted molar refractivity (Wildman–Crippen MR) is 89.1 cm³/mol. The number of benzene rings is 1. The Morgan fingerprint density at radius 2 is 2.00 bits per heavy atom. The molecular weight excluding hydrogens is 324 g/mol. The molecule has 0 saturated carbocycles. The van der Waals surface area contributed by atoms with E-state index in [1.165, 1.54) is 6.39 Å². The number of anilines is 1. The van der Waals surface area contributed by atoms with Crippen LogP contribution < -0.4 is 10.1 Å². The minimum absolute atomic E-state index is 0.147. The van der Waals surface area contributed by atoms with E-state index in [0.29, 0.717) is 17.5 Å². The Hall–Kier alpha value is -3.16. The number of nitrogens with zero attached hydrogens (tertiary/aromatic N) is 3. The van der Waals surface area contributed by atoms with Crippen molar-refractivity contribution >= 4 is 11.8 Å². The van der Waals surface area contributed by atoms with Crippen molar-refractivity contribution in [1.82, 2.24) is 15.4 Å². The van der Waals surface area contributed by atoms with Gasteiger partial charge in [0.05, 0.1) is 5.69 Å². The van der Waals surface area contributed by atoms with E-state index in [4.69, 9.17) is 13.7 Å². The van der Waals surface area contributed by atoms with Crippen LogP contribution in [-0.2, 0) is 10.2 Å². The van der Waals surface area contributed by atoms with Crippen molar-refractivity contribution in [3.63, 3.8) is 0 Å². The predicted octanol–water partition coefficient (Wildman–Crippen LogP) is 3.04. The number of hydrogen-bond acceptors (Lipinski definition) is 7. The Morgan fingerprint density at radius 1 is 1.24 bits per heavy atom. The van der Waals surface area contributed by atoms with Gasteiger partial charge in [-0.05, 0) is 24.3 Å². The van der Waals surface area contributed by atoms with Gasteiger partial charge in [0, 0.05) is 17.0 Å². The largest absolute Gasteiger partial charge is 0.484 e. The first-order valence-electron chi connectivity index (χ1n) is 7.68. The molecule has 0 aliphatic heterocycles. The highest BCUT2D eigenvalue weighted by Crippen LogP contribution is 2.24. The van der Waals surface area contributed by atoms with Gasteiger partial charge in [-0.2, -0.15) is 0 Å². The van der Waals surface area contributed by atoms with Crippen LogP contribution in [0, 0.1) is 0 Å². The van der Waals surface area contributed by atoms with Gasteiger partial charge < -0.3 is 13.7 Å². The van der Waals surface area contributed by atoms with Crippen LogP contribution in [0.4, 0.5) is 5.88 Å². The molecule has 25 heavy (non-hydrogen) atoms. The summed E-state index contributed by atoms with van der Waals surface area (Å²) >= 11 is 0. The summed E-state index contributed by atoms with van der Waals surface area (Å²) in [6.45, 7) is 5.89. The van der Waals surface area contributed by atoms with E-state index < -0.39 is 0 Å². The first-order valence-corrected chi connectivity index (χ1v) is 7.68. The van der Waals surface area contributed by atoms with E-state index in [2.05, 4.69) is 20.7 Å². The average Bonchev–Trinajstić information content (AvgIpc) is 3.24. The van der Waals surface area contributed by atoms with Gasteiger partial charge >= 0.3 is 0 Å². The summed E-state index contributed by atoms with van der Waals surface area (Å²) in [4.78, 5) is 11.9. The zero-order chi connectivity index (χ0) is 17.9. The van der Waals surface area contributed by atoms with Gasteiger partial charge in [0.15, 0.2) is 6.61 Å². The van der Waals surface area contributed by atoms with E-state index >= 15 is 0 Å². The van der Waals surface area contributed by atoms with Gasteiger partial charge in [-0.3, -0.25) is 10.1 Å². The second kappa shape index (κ2) is 6.76. The van der Waals surface area contributed by atoms with Gasteiger partial charge in [-0.25, -0.2) is 0 Å². The highest BCUT2D eigenvalue weighted by atomic mass is 16.5. The highest BCUT2D eigenvalue weighted by Gasteiger charge is 2.19. The molecule has 0 atom stereocenters. The quantitative estimate of drug-likeness (QED) is 0.760. The van der Waals surface area contributed by atoms with Crippen LogP contribution in [0.15, 0.2) is 45.7 Å². The number of rotatable bonds is 5. The lowest BCUT2D eigenvalue weighted by atomic mass is 9.92. The Bertz CT molecular complexity index is 832. The van der Waals surface area contributed by atoms with Crippen LogP contribution in [-0.4, -0.2) is 27.9 Å². The second-order valence-electron chi connectivity index (χ2n) is 6.43. The normalized spacial score (nSPS) is 11.3. The molecule has 0 fully saturated rings. The van der Waals surface area contributed by atoms with Gasteiger partial charge in [-0.1, -0.05) is 25.9 Å². The molecule has 3 aromatic rings. The average molecular weight is 342 g/mol. The monoisotopic (exact) mass is 342 g/mol. The van der Waals surface area contributed by atoms with E-state index in [1.54, 1.807) is 30.3 Å². The SMILES string of the molecule is CC(C)(C)c1cc(NC(=O)COc2ccc(-c3nnco3)cc2)on1. The summed E-state index contributed by atoms with van der Waals surface area (Å²) in [5.41, 5.74) is 1.38. The Balaban J connectivity index is 1.53. The van der Waals surface area contributed by atoms with Crippen molar-refractivity contribution in [2.75, 3.05) is 11.9 Å². The lowest BCUT2D eigenvalue weighted by Crippen LogP contribution is -2.19. The number of hydrogen-bond donors (Lipinski definition) is 1. The Morgan fingerprint density at radius 3 is 2.60 bits per heavy atom. The fourth-order valence-electron chi connectivity index (χ4n) is 2.00. The molecule has 0 spiro atoms. The molecule has 1 N–H and O–H groups in total. The number of amides is 1. The van der Waals surface area contributed by atoms with Crippen LogP contribution in [0.5, 0.6) is 5.75 Å². The number of ether oxygens (including phenoxy) is 1. The molecule has 8 nitrogen and oxygen atoms in total. The maximum atomic E-state index is 11.9. The zero-order valence-corrected chi connectivity index (χ0v) is 14.1. The lowest BCUT2D eigenvalue weighted by Gasteiger charge is -2.12. The fraction of sp³-hybridized carbons (Fsp3) is 0.294. The molecule has 3 rings (SSSR count). The molecule has 0 aliphatic carbocycles. The molecule has 0 radical (unpaired) electrons. The Kier molecular flexibility index (Phi) is 4.51. The van der Waals surface area contributed by atoms with E-state index in [9.17, 15) is 4.79 Å². The Labute approximate surface area is 144 Å². The van der Waals surface area contributed by atoms with Crippen LogP contribution in [0.25, 0.3) is 11.5 Å². The minimum Gasteiger partial charge on any atom is -0.484 e. The molecular formula is C17H18N4O4. The van der Waals surface area contributed by atoms with Gasteiger partial charge in [-0.15, -0.1) is 10.2 Å². The summed E-state index contributed by atoms with van der Waals surface area (Å²) in [5, 5.41) is 14.0. The molecule has 130 valence electrons. The zero-order valence-electron chi connectivity index (χ0n) is 14.1. The summed E-state index contributed by atoms with van der Waals surface area (Å²) in [5.74, 6) is 0.929. The maximum Gasteiger partial charge on any atom is 0.264 e. The molecule has 0 saturated heterocycles. The molecule has 0 bridgehead atoms. The number of carbonyl (C=O) groups is 1. The van der Waals surface area contributed by atoms with E-state index in [1.807, 2.05) is 20.8 Å². The van der Waals surface area contributed by atoms with Crippen molar-refractivity contribution in [2.45, 2.75) is 26.2 Å². The minimum atomic E-state index is -0.336. The third-order valence-corrected chi connectivity index (χ3v) is 3.37. The van der Waals surface area contributed by atoms with Gasteiger partial charge in [0.25, 0.3) is 5.91 Å². The molecule has 0 aliphatic rings. The summed E-state index contributed by atoms with van der Waals surface area (Å²) in [6, 6.07) is 8.69. The highest BCUT2D eigenvalue weighted by molar-refractivity contribution is 5.90. The number of nitrogens with one attached hydrogen (secondary N) is 1. The van der Waals surface area contributed by atoms with Gasteiger partial charge in [0.2, 0.25) is 18.2 Å². The van der Waals surface area contributed by atoms with E-state index in [-0.39, 0.29) is 17.9 Å². The molecule has 1 aromatic carbocycles. The standard InChI is InChI=1S/C17H18N4O4/c1-17(2,3)13-8-15(25-21-13)19-14(22)9-23-12-6-4-11(5-7-12)16-20-18-10-24-16/h4-8,10H,9H2,1-3H3,(H,19,22). The van der Waals surface area contributed by atoms with Crippen molar-refractivity contribution in [3.05, 3.63) is 42.4 Å². The second-order valence-corrected chi connectivity index (χ2v) is 6.43. The molecule has 0 unspecified atom stereocenters. The summed E-state index contributed by atoms with van der Waals surface area (Å²) < 4.78 is 15.7. The first-order chi connectivity index (χ1) is 11.9. The smallest absolute Gasteiger partial charge is 0.264 e. The number of carbonyl (C=O) groups excluding carboxylic acids is 1. The summed E-state index contributed by atoms with van der Waals surface area (Å²) in [7, 11) is 0. The number of aromatic nitrogens is 3. The van der Waals surface area contributed by atoms with Crippen molar-refractivity contribution in [2.24, 2.45) is 0 Å².